The van der Waals surface area contributed by atoms with Gasteiger partial charge in [-0.2, -0.15) is 0 Å². The summed E-state index contributed by atoms with van der Waals surface area (Å²) in [7, 11) is 2.00. The SMILES string of the molecule is CN1CCCC(c2onc(Cl)c2C(=O)O)C1. The van der Waals surface area contributed by atoms with E-state index < -0.39 is 5.97 Å². The number of aromatic nitrogens is 1. The number of halogens is 1. The number of rotatable bonds is 2. The fraction of sp³-hybridized carbons (Fsp3) is 0.600. The first-order valence-electron chi connectivity index (χ1n) is 5.16. The second kappa shape index (κ2) is 4.43. The Hall–Kier alpha value is -1.07. The molecular weight excluding hydrogens is 232 g/mol. The van der Waals surface area contributed by atoms with Gasteiger partial charge >= 0.3 is 5.97 Å². The van der Waals surface area contributed by atoms with Crippen LogP contribution in [0.25, 0.3) is 0 Å². The van der Waals surface area contributed by atoms with Crippen molar-refractivity contribution in [1.82, 2.24) is 10.1 Å². The van der Waals surface area contributed by atoms with Crippen molar-refractivity contribution >= 4 is 17.6 Å². The summed E-state index contributed by atoms with van der Waals surface area (Å²) in [6, 6.07) is 0. The monoisotopic (exact) mass is 244 g/mol. The Balaban J connectivity index is 2.29. The molecule has 0 saturated carbocycles. The van der Waals surface area contributed by atoms with Crippen LogP contribution in [-0.4, -0.2) is 41.3 Å². The van der Waals surface area contributed by atoms with E-state index in [-0.39, 0.29) is 16.6 Å². The maximum Gasteiger partial charge on any atom is 0.342 e. The van der Waals surface area contributed by atoms with Crippen LogP contribution in [-0.2, 0) is 0 Å². The lowest BCUT2D eigenvalue weighted by Gasteiger charge is -2.28. The first-order valence-corrected chi connectivity index (χ1v) is 5.54. The zero-order chi connectivity index (χ0) is 11.7. The highest BCUT2D eigenvalue weighted by atomic mass is 35.5. The normalized spacial score (nSPS) is 22.2. The van der Waals surface area contributed by atoms with E-state index in [4.69, 9.17) is 21.2 Å². The molecule has 0 aromatic carbocycles. The van der Waals surface area contributed by atoms with Gasteiger partial charge in [-0.3, -0.25) is 0 Å². The molecule has 0 bridgehead atoms. The van der Waals surface area contributed by atoms with Crippen LogP contribution >= 0.6 is 11.6 Å². The minimum Gasteiger partial charge on any atom is -0.477 e. The van der Waals surface area contributed by atoms with E-state index in [1.165, 1.54) is 0 Å². The molecule has 2 heterocycles. The van der Waals surface area contributed by atoms with Gasteiger partial charge in [-0.1, -0.05) is 16.8 Å². The summed E-state index contributed by atoms with van der Waals surface area (Å²) in [4.78, 5) is 13.2. The Bertz CT molecular complexity index is 405. The molecule has 1 aliphatic rings. The Morgan fingerprint density at radius 2 is 2.44 bits per heavy atom. The van der Waals surface area contributed by atoms with Gasteiger partial charge in [0.05, 0.1) is 0 Å². The van der Waals surface area contributed by atoms with Crippen molar-refractivity contribution in [2.75, 3.05) is 20.1 Å². The molecule has 1 aromatic heterocycles. The highest BCUT2D eigenvalue weighted by molar-refractivity contribution is 6.32. The molecule has 2 rings (SSSR count). The number of aromatic carboxylic acids is 1. The van der Waals surface area contributed by atoms with E-state index >= 15 is 0 Å². The third kappa shape index (κ3) is 2.05. The van der Waals surface area contributed by atoms with Gasteiger partial charge in [0.15, 0.2) is 10.9 Å². The first kappa shape index (κ1) is 11.4. The van der Waals surface area contributed by atoms with Gasteiger partial charge in [0.2, 0.25) is 0 Å². The number of hydrogen-bond donors (Lipinski definition) is 1. The molecule has 0 radical (unpaired) electrons. The van der Waals surface area contributed by atoms with Crippen molar-refractivity contribution < 1.29 is 14.4 Å². The quantitative estimate of drug-likeness (QED) is 0.860. The van der Waals surface area contributed by atoms with Crippen LogP contribution in [0.1, 0.15) is 34.9 Å². The van der Waals surface area contributed by atoms with Gasteiger partial charge in [-0.05, 0) is 26.4 Å². The number of carboxylic acids is 1. The van der Waals surface area contributed by atoms with Crippen LogP contribution in [0.2, 0.25) is 5.15 Å². The van der Waals surface area contributed by atoms with Crippen LogP contribution in [0, 0.1) is 0 Å². The maximum atomic E-state index is 11.0. The molecule has 1 N–H and O–H groups in total. The average molecular weight is 245 g/mol. The van der Waals surface area contributed by atoms with Gasteiger partial charge < -0.3 is 14.5 Å². The average Bonchev–Trinajstić information content (AvgIpc) is 2.60. The fourth-order valence-electron chi connectivity index (χ4n) is 2.13. The largest absolute Gasteiger partial charge is 0.477 e. The highest BCUT2D eigenvalue weighted by Gasteiger charge is 2.30. The molecule has 0 amide bonds. The van der Waals surface area contributed by atoms with Crippen LogP contribution in [0.15, 0.2) is 4.52 Å². The molecule has 1 aliphatic heterocycles. The fourth-order valence-corrected chi connectivity index (χ4v) is 2.34. The zero-order valence-corrected chi connectivity index (χ0v) is 9.70. The highest BCUT2D eigenvalue weighted by Crippen LogP contribution is 2.31. The van der Waals surface area contributed by atoms with Gasteiger partial charge in [0, 0.05) is 12.5 Å². The number of carbonyl (C=O) groups is 1. The van der Waals surface area contributed by atoms with E-state index in [1.807, 2.05) is 7.05 Å². The number of piperidine rings is 1. The first-order chi connectivity index (χ1) is 7.59. The topological polar surface area (TPSA) is 66.6 Å². The molecule has 16 heavy (non-hydrogen) atoms. The van der Waals surface area contributed by atoms with Crippen LogP contribution in [0.4, 0.5) is 0 Å². The Morgan fingerprint density at radius 3 is 3.06 bits per heavy atom. The van der Waals surface area contributed by atoms with Gasteiger partial charge in [0.25, 0.3) is 0 Å². The molecule has 1 saturated heterocycles. The summed E-state index contributed by atoms with van der Waals surface area (Å²) >= 11 is 5.70. The van der Waals surface area contributed by atoms with E-state index in [2.05, 4.69) is 10.1 Å². The second-order valence-corrected chi connectivity index (χ2v) is 4.48. The van der Waals surface area contributed by atoms with Gasteiger partial charge in [0.1, 0.15) is 5.56 Å². The number of hydrogen-bond acceptors (Lipinski definition) is 4. The Kier molecular flexibility index (Phi) is 3.16. The molecule has 0 spiro atoms. The minimum absolute atomic E-state index is 0.0157. The smallest absolute Gasteiger partial charge is 0.342 e. The van der Waals surface area contributed by atoms with Crippen LogP contribution in [0.5, 0.6) is 0 Å². The molecule has 1 unspecified atom stereocenters. The Morgan fingerprint density at radius 1 is 1.69 bits per heavy atom. The summed E-state index contributed by atoms with van der Waals surface area (Å²) in [5.74, 6) is -0.594. The standard InChI is InChI=1S/C10H13ClN2O3/c1-13-4-2-3-6(5-13)8-7(10(14)15)9(11)12-16-8/h6H,2-5H2,1H3,(H,14,15). The molecule has 1 fully saturated rings. The minimum atomic E-state index is -1.07. The van der Waals surface area contributed by atoms with E-state index in [9.17, 15) is 4.79 Å². The van der Waals surface area contributed by atoms with Crippen LogP contribution < -0.4 is 0 Å². The predicted octanol–water partition coefficient (Wildman–Crippen LogP) is 1.84. The van der Waals surface area contributed by atoms with E-state index in [0.29, 0.717) is 5.76 Å². The van der Waals surface area contributed by atoms with Crippen molar-refractivity contribution in [3.05, 3.63) is 16.5 Å². The summed E-state index contributed by atoms with van der Waals surface area (Å²) in [6.07, 6.45) is 1.94. The van der Waals surface area contributed by atoms with Crippen molar-refractivity contribution in [2.24, 2.45) is 0 Å². The Labute approximate surface area is 98.0 Å². The molecule has 6 heteroatoms. The maximum absolute atomic E-state index is 11.0. The van der Waals surface area contributed by atoms with Gasteiger partial charge in [-0.15, -0.1) is 0 Å². The number of nitrogens with zero attached hydrogens (tertiary/aromatic N) is 2. The molecule has 1 aromatic rings. The lowest BCUT2D eigenvalue weighted by atomic mass is 9.94. The number of likely N-dealkylation sites (tertiary alicyclic amines) is 1. The zero-order valence-electron chi connectivity index (χ0n) is 8.94. The number of carboxylic acid groups (broad SMARTS) is 1. The molecule has 0 aliphatic carbocycles. The van der Waals surface area contributed by atoms with Crippen molar-refractivity contribution in [3.8, 4) is 0 Å². The summed E-state index contributed by atoms with van der Waals surface area (Å²) in [6.45, 7) is 1.81. The third-order valence-electron chi connectivity index (χ3n) is 2.89. The summed E-state index contributed by atoms with van der Waals surface area (Å²) in [5.41, 5.74) is 0.0157. The lowest BCUT2D eigenvalue weighted by Crippen LogP contribution is -2.31. The van der Waals surface area contributed by atoms with Crippen molar-refractivity contribution in [3.63, 3.8) is 0 Å². The van der Waals surface area contributed by atoms with Crippen LogP contribution in [0.3, 0.4) is 0 Å². The van der Waals surface area contributed by atoms with Crippen molar-refractivity contribution in [1.29, 1.82) is 0 Å². The number of likely N-dealkylation sites (N-methyl/N-ethyl adjacent to an activating group) is 1. The van der Waals surface area contributed by atoms with Gasteiger partial charge in [-0.25, -0.2) is 4.79 Å². The molecule has 1 atom stereocenters. The second-order valence-electron chi connectivity index (χ2n) is 4.12. The summed E-state index contributed by atoms with van der Waals surface area (Å²) in [5, 5.41) is 12.5. The molecular formula is C10H13ClN2O3. The van der Waals surface area contributed by atoms with E-state index in [1.54, 1.807) is 0 Å². The third-order valence-corrected chi connectivity index (χ3v) is 3.14. The molecule has 5 nitrogen and oxygen atoms in total. The lowest BCUT2D eigenvalue weighted by molar-refractivity contribution is 0.0692. The predicted molar refractivity (Wildman–Crippen MR) is 57.9 cm³/mol. The van der Waals surface area contributed by atoms with Crippen molar-refractivity contribution in [2.45, 2.75) is 18.8 Å². The summed E-state index contributed by atoms with van der Waals surface area (Å²) < 4.78 is 5.06. The van der Waals surface area contributed by atoms with E-state index in [0.717, 1.165) is 25.9 Å². The molecule has 88 valence electrons.